The Morgan fingerprint density at radius 2 is 2.08 bits per heavy atom. The number of aromatic nitrogens is 2. The van der Waals surface area contributed by atoms with Crippen molar-refractivity contribution in [2.75, 3.05) is 16.8 Å². The van der Waals surface area contributed by atoms with Crippen molar-refractivity contribution in [2.45, 2.75) is 19.8 Å². The molecular formula is C17H19N3O3S. The first-order valence-electron chi connectivity index (χ1n) is 7.83. The number of carbonyl (C=O) groups excluding carboxylic acids is 1. The second-order valence-electron chi connectivity index (χ2n) is 5.79. The number of amides is 1. The molecule has 0 unspecified atom stereocenters. The number of nitrogens with one attached hydrogen (secondary N) is 1. The predicted molar refractivity (Wildman–Crippen MR) is 93.9 cm³/mol. The average molecular weight is 345 g/mol. The summed E-state index contributed by atoms with van der Waals surface area (Å²) in [6.45, 7) is 1.71. The lowest BCUT2D eigenvalue weighted by Gasteiger charge is -2.20. The molecule has 2 heterocycles. The molecule has 0 saturated carbocycles. The highest BCUT2D eigenvalue weighted by atomic mass is 32.2. The normalized spacial score (nSPS) is 15.2. The van der Waals surface area contributed by atoms with Gasteiger partial charge in [-0.1, -0.05) is 6.07 Å². The lowest BCUT2D eigenvalue weighted by atomic mass is 10.0. The third-order valence-corrected chi connectivity index (χ3v) is 5.24. The number of benzene rings is 1. The van der Waals surface area contributed by atoms with Crippen LogP contribution in [0.1, 0.15) is 28.9 Å². The summed E-state index contributed by atoms with van der Waals surface area (Å²) < 4.78 is 1.57. The van der Waals surface area contributed by atoms with Crippen molar-refractivity contribution in [1.29, 1.82) is 0 Å². The first-order valence-corrected chi connectivity index (χ1v) is 8.98. The quantitative estimate of drug-likeness (QED) is 0.890. The van der Waals surface area contributed by atoms with E-state index >= 15 is 0 Å². The fraction of sp³-hybridized carbons (Fsp3) is 0.353. The van der Waals surface area contributed by atoms with Crippen molar-refractivity contribution in [2.24, 2.45) is 5.92 Å². The number of aromatic carboxylic acids is 1. The fourth-order valence-corrected chi connectivity index (χ4v) is 3.91. The first-order chi connectivity index (χ1) is 11.6. The van der Waals surface area contributed by atoms with E-state index in [-0.39, 0.29) is 17.4 Å². The van der Waals surface area contributed by atoms with Gasteiger partial charge in [0.2, 0.25) is 5.91 Å². The highest BCUT2D eigenvalue weighted by molar-refractivity contribution is 7.99. The molecule has 126 valence electrons. The molecule has 2 aromatic rings. The van der Waals surface area contributed by atoms with Crippen LogP contribution in [0, 0.1) is 12.8 Å². The van der Waals surface area contributed by atoms with Crippen LogP contribution in [0.2, 0.25) is 0 Å². The number of thioether (sulfide) groups is 1. The summed E-state index contributed by atoms with van der Waals surface area (Å²) in [4.78, 5) is 23.5. The molecule has 1 aromatic heterocycles. The minimum atomic E-state index is -1.00. The van der Waals surface area contributed by atoms with Crippen LogP contribution in [0.15, 0.2) is 30.5 Å². The fourth-order valence-electron chi connectivity index (χ4n) is 2.80. The van der Waals surface area contributed by atoms with Crippen molar-refractivity contribution < 1.29 is 14.7 Å². The molecule has 7 heteroatoms. The molecule has 1 saturated heterocycles. The summed E-state index contributed by atoms with van der Waals surface area (Å²) in [5.41, 5.74) is 2.14. The van der Waals surface area contributed by atoms with E-state index in [4.69, 9.17) is 5.11 Å². The number of carboxylic acids is 1. The Kier molecular flexibility index (Phi) is 4.89. The Morgan fingerprint density at radius 3 is 2.75 bits per heavy atom. The van der Waals surface area contributed by atoms with Gasteiger partial charge in [-0.25, -0.2) is 9.48 Å². The van der Waals surface area contributed by atoms with Crippen LogP contribution < -0.4 is 5.32 Å². The Hall–Kier alpha value is -2.28. The van der Waals surface area contributed by atoms with Crippen LogP contribution in [-0.4, -0.2) is 38.3 Å². The number of nitrogens with zero attached hydrogens (tertiary/aromatic N) is 2. The van der Waals surface area contributed by atoms with E-state index in [2.05, 4.69) is 10.4 Å². The summed E-state index contributed by atoms with van der Waals surface area (Å²) in [7, 11) is 0. The van der Waals surface area contributed by atoms with Crippen LogP contribution in [0.4, 0.5) is 5.69 Å². The zero-order valence-corrected chi connectivity index (χ0v) is 14.2. The maximum Gasteiger partial charge on any atom is 0.339 e. The smallest absolute Gasteiger partial charge is 0.339 e. The molecule has 2 N–H and O–H groups in total. The van der Waals surface area contributed by atoms with E-state index in [0.29, 0.717) is 11.4 Å². The van der Waals surface area contributed by atoms with Crippen molar-refractivity contribution >= 4 is 29.3 Å². The number of carbonyl (C=O) groups is 2. The Bertz CT molecular complexity index is 766. The Labute approximate surface area is 144 Å². The second-order valence-corrected chi connectivity index (χ2v) is 7.01. The summed E-state index contributed by atoms with van der Waals surface area (Å²) in [5, 5.41) is 16.2. The Balaban J connectivity index is 1.79. The number of hydrogen-bond donors (Lipinski definition) is 2. The molecule has 1 amide bonds. The number of carboxylic acid groups (broad SMARTS) is 1. The van der Waals surface area contributed by atoms with E-state index in [1.807, 2.05) is 30.0 Å². The van der Waals surface area contributed by atoms with Gasteiger partial charge in [0.1, 0.15) is 5.56 Å². The first kappa shape index (κ1) is 16.6. The van der Waals surface area contributed by atoms with Gasteiger partial charge < -0.3 is 10.4 Å². The van der Waals surface area contributed by atoms with Crippen LogP contribution in [0.25, 0.3) is 5.69 Å². The molecule has 6 nitrogen and oxygen atoms in total. The third kappa shape index (κ3) is 3.46. The van der Waals surface area contributed by atoms with Crippen molar-refractivity contribution in [1.82, 2.24) is 9.78 Å². The van der Waals surface area contributed by atoms with Gasteiger partial charge in [0.05, 0.1) is 17.6 Å². The number of anilines is 1. The summed E-state index contributed by atoms with van der Waals surface area (Å²) in [6, 6.07) is 7.29. The minimum absolute atomic E-state index is 0.0517. The van der Waals surface area contributed by atoms with Crippen molar-refractivity contribution in [3.05, 3.63) is 41.7 Å². The van der Waals surface area contributed by atoms with Gasteiger partial charge in [-0.3, -0.25) is 4.79 Å². The third-order valence-electron chi connectivity index (χ3n) is 4.19. The zero-order valence-electron chi connectivity index (χ0n) is 13.4. The second kappa shape index (κ2) is 7.09. The van der Waals surface area contributed by atoms with Crippen LogP contribution in [0.5, 0.6) is 0 Å². The molecule has 24 heavy (non-hydrogen) atoms. The van der Waals surface area contributed by atoms with Gasteiger partial charge in [-0.2, -0.15) is 16.9 Å². The SMILES string of the molecule is Cc1c(C(=O)O)cnn1-c1cccc(NC(=O)C2CCSCC2)c1. The number of rotatable bonds is 4. The maximum absolute atomic E-state index is 12.4. The minimum Gasteiger partial charge on any atom is -0.478 e. The molecule has 1 aliphatic rings. The lowest BCUT2D eigenvalue weighted by Crippen LogP contribution is -2.26. The summed E-state index contributed by atoms with van der Waals surface area (Å²) in [5.74, 6) is 1.18. The van der Waals surface area contributed by atoms with Gasteiger partial charge in [-0.15, -0.1) is 0 Å². The van der Waals surface area contributed by atoms with E-state index in [1.165, 1.54) is 6.20 Å². The van der Waals surface area contributed by atoms with Gasteiger partial charge in [-0.05, 0) is 49.5 Å². The van der Waals surface area contributed by atoms with Gasteiger partial charge in [0.15, 0.2) is 0 Å². The maximum atomic E-state index is 12.4. The van der Waals surface area contributed by atoms with Crippen LogP contribution in [0.3, 0.4) is 0 Å². The highest BCUT2D eigenvalue weighted by Crippen LogP contribution is 2.25. The lowest BCUT2D eigenvalue weighted by molar-refractivity contribution is -0.120. The molecular weight excluding hydrogens is 326 g/mol. The van der Waals surface area contributed by atoms with E-state index < -0.39 is 5.97 Å². The Morgan fingerprint density at radius 1 is 1.33 bits per heavy atom. The number of hydrogen-bond acceptors (Lipinski definition) is 4. The van der Waals surface area contributed by atoms with E-state index in [9.17, 15) is 9.59 Å². The molecule has 1 aromatic carbocycles. The molecule has 1 aliphatic heterocycles. The molecule has 0 atom stereocenters. The van der Waals surface area contributed by atoms with Crippen LogP contribution in [-0.2, 0) is 4.79 Å². The molecule has 0 radical (unpaired) electrons. The highest BCUT2D eigenvalue weighted by Gasteiger charge is 2.21. The molecule has 0 aliphatic carbocycles. The largest absolute Gasteiger partial charge is 0.478 e. The van der Waals surface area contributed by atoms with Gasteiger partial charge >= 0.3 is 5.97 Å². The summed E-state index contributed by atoms with van der Waals surface area (Å²) >= 11 is 1.89. The standard InChI is InChI=1S/C17H19N3O3S/c1-11-15(17(22)23)10-18-20(11)14-4-2-3-13(9-14)19-16(21)12-5-7-24-8-6-12/h2-4,9-10,12H,5-8H2,1H3,(H,19,21)(H,22,23). The topological polar surface area (TPSA) is 84.2 Å². The van der Waals surface area contributed by atoms with Crippen LogP contribution >= 0.6 is 11.8 Å². The molecule has 0 bridgehead atoms. The monoisotopic (exact) mass is 345 g/mol. The van der Waals surface area contributed by atoms with Gasteiger partial charge in [0, 0.05) is 11.6 Å². The van der Waals surface area contributed by atoms with E-state index in [1.54, 1.807) is 17.7 Å². The van der Waals surface area contributed by atoms with Gasteiger partial charge in [0.25, 0.3) is 0 Å². The van der Waals surface area contributed by atoms with Crippen molar-refractivity contribution in [3.63, 3.8) is 0 Å². The molecule has 0 spiro atoms. The molecule has 1 fully saturated rings. The van der Waals surface area contributed by atoms with Crippen molar-refractivity contribution in [3.8, 4) is 5.69 Å². The van der Waals surface area contributed by atoms with E-state index in [0.717, 1.165) is 30.0 Å². The molecule has 3 rings (SSSR count). The average Bonchev–Trinajstić information content (AvgIpc) is 2.97. The zero-order chi connectivity index (χ0) is 17.1. The summed E-state index contributed by atoms with van der Waals surface area (Å²) in [6.07, 6.45) is 3.16. The predicted octanol–water partition coefficient (Wildman–Crippen LogP) is 2.96.